The predicted molar refractivity (Wildman–Crippen MR) is 236 cm³/mol. The third kappa shape index (κ3) is 6.36. The molecule has 1 unspecified atom stereocenters. The minimum Gasteiger partial charge on any atom is -0.507 e. The number of benzene rings is 7. The second-order valence-electron chi connectivity index (χ2n) is 14.3. The van der Waals surface area contributed by atoms with Gasteiger partial charge in [-0.1, -0.05) is 115 Å². The lowest BCUT2D eigenvalue weighted by atomic mass is 9.77. The normalized spacial score (nSPS) is 15.3. The second-order valence-corrected chi connectivity index (χ2v) is 14.3. The highest BCUT2D eigenvalue weighted by Crippen LogP contribution is 2.49. The number of aromatic nitrogens is 1. The smallest absolute Gasteiger partial charge is 0.125 e. The first-order chi connectivity index (χ1) is 27.0. The summed E-state index contributed by atoms with van der Waals surface area (Å²) in [7, 11) is 2.08. The van der Waals surface area contributed by atoms with E-state index in [-0.39, 0.29) is 17.3 Å². The van der Waals surface area contributed by atoms with Gasteiger partial charge in [0.05, 0.1) is 16.7 Å². The van der Waals surface area contributed by atoms with Crippen LogP contribution < -0.4 is 21.7 Å². The average molecular weight is 732 g/mol. The van der Waals surface area contributed by atoms with E-state index in [1.807, 2.05) is 42.5 Å². The van der Waals surface area contributed by atoms with E-state index in [1.165, 1.54) is 27.7 Å². The van der Waals surface area contributed by atoms with E-state index in [0.717, 1.165) is 57.9 Å². The Balaban J connectivity index is 0.000000500. The number of anilines is 5. The minimum atomic E-state index is -0.0200. The summed E-state index contributed by atoms with van der Waals surface area (Å²) in [6, 6.07) is 58.4. The number of rotatable bonds is 5. The molecule has 1 aliphatic carbocycles. The monoisotopic (exact) mass is 731 g/mol. The van der Waals surface area contributed by atoms with Crippen LogP contribution in [-0.2, 0) is 5.41 Å². The predicted octanol–water partition coefficient (Wildman–Crippen LogP) is 12.3. The zero-order valence-electron chi connectivity index (χ0n) is 31.5. The third-order valence-corrected chi connectivity index (χ3v) is 11.0. The van der Waals surface area contributed by atoms with Gasteiger partial charge in [-0.15, -0.1) is 0 Å². The zero-order valence-corrected chi connectivity index (χ0v) is 31.5. The summed E-state index contributed by atoms with van der Waals surface area (Å²) < 4.78 is 2.31. The van der Waals surface area contributed by atoms with Crippen molar-refractivity contribution in [3.63, 3.8) is 0 Å². The van der Waals surface area contributed by atoms with Crippen LogP contribution in [0.5, 0.6) is 5.75 Å². The van der Waals surface area contributed by atoms with Gasteiger partial charge >= 0.3 is 0 Å². The molecule has 0 radical (unpaired) electrons. The van der Waals surface area contributed by atoms with Gasteiger partial charge in [0, 0.05) is 63.8 Å². The molecular formula is C50H45N5O. The molecule has 276 valence electrons. The highest BCUT2D eigenvalue weighted by Gasteiger charge is 2.41. The van der Waals surface area contributed by atoms with Crippen LogP contribution in [-0.4, -0.2) is 23.3 Å². The molecule has 0 bridgehead atoms. The number of aromatic hydroxyl groups is 1. The van der Waals surface area contributed by atoms with Crippen LogP contribution in [0.4, 0.5) is 28.4 Å². The van der Waals surface area contributed by atoms with Gasteiger partial charge in [0.1, 0.15) is 5.75 Å². The van der Waals surface area contributed by atoms with Gasteiger partial charge in [-0.2, -0.15) is 0 Å². The fraction of sp³-hybridized carbons (Fsp3) is 0.0800. The maximum atomic E-state index is 11.5. The van der Waals surface area contributed by atoms with Crippen molar-refractivity contribution in [2.75, 3.05) is 29.1 Å². The van der Waals surface area contributed by atoms with Crippen LogP contribution in [0.25, 0.3) is 38.6 Å². The Hall–Kier alpha value is -7.02. The molecule has 0 saturated carbocycles. The van der Waals surface area contributed by atoms with Gasteiger partial charge in [-0.3, -0.25) is 0 Å². The van der Waals surface area contributed by atoms with Crippen molar-refractivity contribution in [2.24, 2.45) is 0 Å². The Morgan fingerprint density at radius 1 is 0.625 bits per heavy atom. The quantitative estimate of drug-likeness (QED) is 0.153. The summed E-state index contributed by atoms with van der Waals surface area (Å²) >= 11 is 0. The summed E-state index contributed by atoms with van der Waals surface area (Å²) in [6.45, 7) is 0.905. The molecule has 0 fully saturated rings. The maximum absolute atomic E-state index is 11.5. The zero-order chi connectivity index (χ0) is 37.4. The molecule has 6 N–H and O–H groups in total. The Bertz CT molecular complexity index is 2720. The summed E-state index contributed by atoms with van der Waals surface area (Å²) in [5.74, 6) is 0.253. The van der Waals surface area contributed by atoms with Crippen molar-refractivity contribution < 1.29 is 5.11 Å². The van der Waals surface area contributed by atoms with Crippen molar-refractivity contribution in [2.45, 2.75) is 11.8 Å². The summed E-state index contributed by atoms with van der Waals surface area (Å²) in [4.78, 5) is 4.66. The van der Waals surface area contributed by atoms with Crippen LogP contribution in [0.3, 0.4) is 0 Å². The third-order valence-electron chi connectivity index (χ3n) is 11.0. The van der Waals surface area contributed by atoms with Crippen LogP contribution in [0.2, 0.25) is 0 Å². The fourth-order valence-electron chi connectivity index (χ4n) is 8.32. The molecule has 1 spiro atoms. The first-order valence-corrected chi connectivity index (χ1v) is 18.8. The number of fused-ring (bicyclic) bond motifs is 5. The number of hydrogen-bond donors (Lipinski definition) is 3. The molecular weight excluding hydrogens is 687 g/mol. The number of hydrogen-bond acceptors (Lipinski definition) is 5. The van der Waals surface area contributed by atoms with E-state index in [9.17, 15) is 5.11 Å². The average Bonchev–Trinajstić information content (AvgIpc) is 3.73. The lowest BCUT2D eigenvalue weighted by Crippen LogP contribution is -2.30. The molecule has 6 heteroatoms. The number of nitrogens with zero attached hydrogens (tertiary/aromatic N) is 3. The SMILES string of the molecule is CN(c1ccccc1)c1cccc(-c2c(O)cccc2-n2c3ccccc3c3cc(N4CC5(C=CC=CC5)c5ccccc54)ccc32)c1.N.Nc1ccccc1. The van der Waals surface area contributed by atoms with Crippen LogP contribution >= 0.6 is 0 Å². The largest absolute Gasteiger partial charge is 0.507 e. The molecule has 0 amide bonds. The molecule has 1 aromatic heterocycles. The lowest BCUT2D eigenvalue weighted by Gasteiger charge is -2.28. The summed E-state index contributed by atoms with van der Waals surface area (Å²) in [6.07, 6.45) is 10.0. The standard InChI is InChI=1S/C44H35N3O.C6H7N.H3N/c1-45(32-15-4-2-5-16-32)33-17-12-14-31(28-33)43-41(22-13-23-42(43)48)47-38-20-8-6-18-35(38)36-29-34(24-25-39(36)47)46-30-44(26-10-3-11-27-44)37-19-7-9-21-40(37)46;7-6-4-2-1-3-5-6;/h2-26,28-29,48H,27,30H2,1H3;1-5H,7H2;1H3. The Labute approximate surface area is 328 Å². The highest BCUT2D eigenvalue weighted by molar-refractivity contribution is 6.11. The molecule has 7 aromatic carbocycles. The van der Waals surface area contributed by atoms with E-state index >= 15 is 0 Å². The second kappa shape index (κ2) is 15.0. The first kappa shape index (κ1) is 36.0. The van der Waals surface area contributed by atoms with Gasteiger partial charge in [0.2, 0.25) is 0 Å². The Morgan fingerprint density at radius 2 is 1.30 bits per heavy atom. The summed E-state index contributed by atoms with van der Waals surface area (Å²) in [5, 5.41) is 13.9. The minimum absolute atomic E-state index is 0. The number of phenolic OH excluding ortho intramolecular Hbond substituents is 1. The van der Waals surface area contributed by atoms with E-state index in [2.05, 4.69) is 167 Å². The number of phenols is 1. The molecule has 6 nitrogen and oxygen atoms in total. The van der Waals surface area contributed by atoms with Gasteiger partial charge in [-0.25, -0.2) is 0 Å². The van der Waals surface area contributed by atoms with E-state index in [0.29, 0.717) is 0 Å². The maximum Gasteiger partial charge on any atom is 0.125 e. The van der Waals surface area contributed by atoms with Gasteiger partial charge < -0.3 is 31.4 Å². The van der Waals surface area contributed by atoms with Crippen LogP contribution in [0.15, 0.2) is 194 Å². The van der Waals surface area contributed by atoms with Gasteiger partial charge in [-0.05, 0) is 96.4 Å². The lowest BCUT2D eigenvalue weighted by molar-refractivity contribution is 0.477. The number of para-hydroxylation sites is 4. The highest BCUT2D eigenvalue weighted by atomic mass is 16.3. The van der Waals surface area contributed by atoms with Crippen molar-refractivity contribution >= 4 is 50.2 Å². The van der Waals surface area contributed by atoms with Crippen molar-refractivity contribution in [1.82, 2.24) is 10.7 Å². The molecule has 0 saturated heterocycles. The van der Waals surface area contributed by atoms with Gasteiger partial charge in [0.25, 0.3) is 0 Å². The Morgan fingerprint density at radius 3 is 2.07 bits per heavy atom. The topological polar surface area (TPSA) is 92.7 Å². The van der Waals surface area contributed by atoms with Crippen molar-refractivity contribution in [3.8, 4) is 22.6 Å². The number of allylic oxidation sites excluding steroid dienone is 3. The van der Waals surface area contributed by atoms with Crippen molar-refractivity contribution in [1.29, 1.82) is 0 Å². The molecule has 2 heterocycles. The molecule has 10 rings (SSSR count). The summed E-state index contributed by atoms with van der Waals surface area (Å²) in [5.41, 5.74) is 17.1. The van der Waals surface area contributed by atoms with E-state index < -0.39 is 0 Å². The molecule has 1 aliphatic heterocycles. The van der Waals surface area contributed by atoms with Gasteiger partial charge in [0.15, 0.2) is 0 Å². The Kier molecular flexibility index (Phi) is 9.65. The molecule has 1 atom stereocenters. The van der Waals surface area contributed by atoms with E-state index in [1.54, 1.807) is 6.07 Å². The molecule has 8 aromatic rings. The first-order valence-electron chi connectivity index (χ1n) is 18.8. The van der Waals surface area contributed by atoms with Crippen LogP contribution in [0, 0.1) is 0 Å². The molecule has 56 heavy (non-hydrogen) atoms. The molecule has 2 aliphatic rings. The number of nitrogen functional groups attached to an aromatic ring is 1. The van der Waals surface area contributed by atoms with Crippen LogP contribution in [0.1, 0.15) is 12.0 Å². The number of nitrogens with two attached hydrogens (primary N) is 1. The van der Waals surface area contributed by atoms with Crippen molar-refractivity contribution in [3.05, 3.63) is 200 Å². The fourth-order valence-corrected chi connectivity index (χ4v) is 8.32. The van der Waals surface area contributed by atoms with E-state index in [4.69, 9.17) is 5.73 Å².